The molecular formula is C25H34O6S2. The third kappa shape index (κ3) is 15.2. The number of hydrogen-bond acceptors (Lipinski definition) is 6. The molecule has 0 saturated heterocycles. The summed E-state index contributed by atoms with van der Waals surface area (Å²) in [7, 11) is -7.10. The molecule has 0 aliphatic heterocycles. The Hall–Kier alpha value is -2.26. The van der Waals surface area contributed by atoms with Crippen LogP contribution in [0, 0.1) is 5.92 Å². The molecule has 0 unspecified atom stereocenters. The smallest absolute Gasteiger partial charge is 0.267 e. The summed E-state index contributed by atoms with van der Waals surface area (Å²) in [4.78, 5) is 0. The Morgan fingerprint density at radius 2 is 1.18 bits per heavy atom. The van der Waals surface area contributed by atoms with Crippen LogP contribution >= 0.6 is 0 Å². The van der Waals surface area contributed by atoms with Gasteiger partial charge < -0.3 is 0 Å². The van der Waals surface area contributed by atoms with Crippen LogP contribution in [-0.2, 0) is 28.6 Å². The molecule has 0 fully saturated rings. The van der Waals surface area contributed by atoms with Gasteiger partial charge in [0, 0.05) is 0 Å². The van der Waals surface area contributed by atoms with Crippen LogP contribution in [0.2, 0.25) is 0 Å². The van der Waals surface area contributed by atoms with Gasteiger partial charge in [-0.05, 0) is 35.6 Å². The summed E-state index contributed by atoms with van der Waals surface area (Å²) in [6.07, 6.45) is 5.86. The zero-order valence-electron chi connectivity index (χ0n) is 19.5. The third-order valence-corrected chi connectivity index (χ3v) is 5.91. The van der Waals surface area contributed by atoms with E-state index in [9.17, 15) is 16.8 Å². The number of hydrogen-bond donors (Lipinski definition) is 0. The summed E-state index contributed by atoms with van der Waals surface area (Å²) < 4.78 is 55.4. The van der Waals surface area contributed by atoms with Crippen molar-refractivity contribution in [1.29, 1.82) is 0 Å². The van der Waals surface area contributed by atoms with Crippen molar-refractivity contribution in [3.05, 3.63) is 82.6 Å². The van der Waals surface area contributed by atoms with Crippen molar-refractivity contribution >= 4 is 32.4 Å². The Balaban J connectivity index is 0.000000331. The van der Waals surface area contributed by atoms with E-state index in [1.807, 2.05) is 74.5 Å². The highest BCUT2D eigenvalue weighted by molar-refractivity contribution is 7.90. The zero-order chi connectivity index (χ0) is 24.6. The van der Waals surface area contributed by atoms with E-state index >= 15 is 0 Å². The molecule has 0 aliphatic carbocycles. The van der Waals surface area contributed by atoms with Crippen molar-refractivity contribution in [3.8, 4) is 0 Å². The lowest BCUT2D eigenvalue weighted by Gasteiger charge is -2.03. The Bertz CT molecular complexity index is 1040. The first-order valence-electron chi connectivity index (χ1n) is 10.9. The molecular weight excluding hydrogens is 460 g/mol. The monoisotopic (exact) mass is 494 g/mol. The van der Waals surface area contributed by atoms with E-state index in [1.54, 1.807) is 0 Å². The first-order chi connectivity index (χ1) is 15.6. The van der Waals surface area contributed by atoms with Gasteiger partial charge in [-0.3, -0.25) is 8.37 Å². The second kappa shape index (κ2) is 15.6. The van der Waals surface area contributed by atoms with Gasteiger partial charge in [0.2, 0.25) is 0 Å². The molecule has 0 aromatic heterocycles. The molecule has 33 heavy (non-hydrogen) atoms. The van der Waals surface area contributed by atoms with Gasteiger partial charge in [0.25, 0.3) is 20.2 Å². The first kappa shape index (κ1) is 28.8. The van der Waals surface area contributed by atoms with Gasteiger partial charge in [-0.2, -0.15) is 16.8 Å². The molecule has 0 heterocycles. The molecule has 2 aromatic carbocycles. The molecule has 0 spiro atoms. The first-order valence-corrected chi connectivity index (χ1v) is 13.8. The molecule has 0 amide bonds. The molecule has 8 heteroatoms. The highest BCUT2D eigenvalue weighted by Gasteiger charge is 2.07. The maximum atomic E-state index is 11.5. The highest BCUT2D eigenvalue weighted by atomic mass is 32.2. The van der Waals surface area contributed by atoms with Crippen LogP contribution in [-0.4, -0.2) is 30.0 Å². The Morgan fingerprint density at radius 1 is 0.727 bits per heavy atom. The maximum Gasteiger partial charge on any atom is 0.290 e. The van der Waals surface area contributed by atoms with E-state index in [-0.39, 0.29) is 19.1 Å². The van der Waals surface area contributed by atoms with Crippen LogP contribution in [0.3, 0.4) is 0 Å². The number of benzene rings is 2. The second-order valence-corrected chi connectivity index (χ2v) is 10.6. The van der Waals surface area contributed by atoms with Crippen molar-refractivity contribution in [2.45, 2.75) is 40.0 Å². The third-order valence-electron chi connectivity index (χ3n) is 4.01. The van der Waals surface area contributed by atoms with Crippen LogP contribution in [0.1, 0.15) is 51.2 Å². The lowest BCUT2D eigenvalue weighted by Crippen LogP contribution is -2.07. The molecule has 0 radical (unpaired) electrons. The van der Waals surface area contributed by atoms with Gasteiger partial charge in [0.15, 0.2) is 0 Å². The fourth-order valence-electron chi connectivity index (χ4n) is 2.29. The summed E-state index contributed by atoms with van der Waals surface area (Å²) in [5.74, 6) is 0.194. The molecule has 0 atom stereocenters. The average molecular weight is 495 g/mol. The number of unbranched alkanes of at least 4 members (excludes halogenated alkanes) is 2. The van der Waals surface area contributed by atoms with Gasteiger partial charge in [0.05, 0.1) is 24.0 Å². The van der Waals surface area contributed by atoms with E-state index in [1.165, 1.54) is 12.2 Å². The average Bonchev–Trinajstić information content (AvgIpc) is 2.80. The maximum absolute atomic E-state index is 11.5. The minimum atomic E-state index is -3.56. The van der Waals surface area contributed by atoms with E-state index < -0.39 is 20.2 Å². The Morgan fingerprint density at radius 3 is 1.61 bits per heavy atom. The summed E-state index contributed by atoms with van der Waals surface area (Å²) in [5, 5.41) is 2.19. The van der Waals surface area contributed by atoms with Gasteiger partial charge in [-0.25, -0.2) is 0 Å². The van der Waals surface area contributed by atoms with Gasteiger partial charge >= 0.3 is 0 Å². The van der Waals surface area contributed by atoms with Crippen LogP contribution in [0.25, 0.3) is 12.2 Å². The fraction of sp³-hybridized carbons (Fsp3) is 0.360. The summed E-state index contributed by atoms with van der Waals surface area (Å²) in [6, 6.07) is 18.5. The lowest BCUT2D eigenvalue weighted by molar-refractivity contribution is 0.280. The largest absolute Gasteiger partial charge is 0.290 e. The predicted molar refractivity (Wildman–Crippen MR) is 135 cm³/mol. The minimum Gasteiger partial charge on any atom is -0.267 e. The fourth-order valence-corrected chi connectivity index (χ4v) is 3.91. The minimum absolute atomic E-state index is 0.194. The zero-order valence-corrected chi connectivity index (χ0v) is 21.1. The van der Waals surface area contributed by atoms with E-state index in [4.69, 9.17) is 8.37 Å². The summed E-state index contributed by atoms with van der Waals surface area (Å²) in [6.45, 7) is 6.33. The summed E-state index contributed by atoms with van der Waals surface area (Å²) >= 11 is 0. The van der Waals surface area contributed by atoms with E-state index in [2.05, 4.69) is 6.92 Å². The van der Waals surface area contributed by atoms with Crippen LogP contribution in [0.15, 0.2) is 71.5 Å². The Labute approximate surface area is 199 Å². The quantitative estimate of drug-likeness (QED) is 0.272. The molecule has 0 aliphatic rings. The molecule has 0 bridgehead atoms. The molecule has 0 saturated carbocycles. The van der Waals surface area contributed by atoms with Gasteiger partial charge in [0.1, 0.15) is 0 Å². The normalized spacial score (nSPS) is 12.2. The molecule has 0 N–H and O–H groups in total. The van der Waals surface area contributed by atoms with Gasteiger partial charge in [-0.1, -0.05) is 94.3 Å². The van der Waals surface area contributed by atoms with Crippen LogP contribution in [0.5, 0.6) is 0 Å². The SMILES string of the molecule is CC(C)COS(=O)(=O)C=Cc1ccccc1.CCCCCOS(=O)(=O)C=Cc1ccccc1. The molecule has 2 aromatic rings. The molecule has 6 nitrogen and oxygen atoms in total. The standard InChI is InChI=1S/C13H18O3S.C12H16O3S/c1-2-3-7-11-16-17(14,15)12-10-13-8-5-4-6-9-13;1-11(2)10-15-16(13,14)9-8-12-6-4-3-5-7-12/h4-6,8-10,12H,2-3,7,11H2,1H3;3-9,11H,10H2,1-2H3. The van der Waals surface area contributed by atoms with E-state index in [0.717, 1.165) is 41.2 Å². The molecule has 182 valence electrons. The predicted octanol–water partition coefficient (Wildman–Crippen LogP) is 5.85. The van der Waals surface area contributed by atoms with Crippen LogP contribution < -0.4 is 0 Å². The van der Waals surface area contributed by atoms with Crippen molar-refractivity contribution in [1.82, 2.24) is 0 Å². The van der Waals surface area contributed by atoms with Crippen molar-refractivity contribution in [2.75, 3.05) is 13.2 Å². The second-order valence-electron chi connectivity index (χ2n) is 7.62. The van der Waals surface area contributed by atoms with Crippen molar-refractivity contribution in [2.24, 2.45) is 5.92 Å². The Kier molecular flexibility index (Phi) is 13.6. The summed E-state index contributed by atoms with van der Waals surface area (Å²) in [5.41, 5.74) is 1.67. The van der Waals surface area contributed by atoms with Crippen molar-refractivity contribution in [3.63, 3.8) is 0 Å². The van der Waals surface area contributed by atoms with E-state index in [0.29, 0.717) is 0 Å². The molecule has 2 rings (SSSR count). The topological polar surface area (TPSA) is 86.7 Å². The number of rotatable bonds is 12. The lowest BCUT2D eigenvalue weighted by atomic mass is 10.2. The van der Waals surface area contributed by atoms with Crippen LogP contribution in [0.4, 0.5) is 0 Å². The van der Waals surface area contributed by atoms with Gasteiger partial charge in [-0.15, -0.1) is 0 Å². The highest BCUT2D eigenvalue weighted by Crippen LogP contribution is 2.07. The van der Waals surface area contributed by atoms with Crippen molar-refractivity contribution < 1.29 is 25.2 Å².